The number of nitrogens with one attached hydrogen (secondary N) is 2. The zero-order chi connectivity index (χ0) is 22.3. The van der Waals surface area contributed by atoms with E-state index in [1.165, 1.54) is 39.5 Å². The monoisotopic (exact) mass is 441 g/mol. The van der Waals surface area contributed by atoms with Crippen LogP contribution in [-0.4, -0.2) is 28.6 Å². The maximum absolute atomic E-state index is 12.6. The van der Waals surface area contributed by atoms with Crippen LogP contribution in [0.5, 0.6) is 0 Å². The number of amides is 1. The van der Waals surface area contributed by atoms with Crippen molar-refractivity contribution in [2.45, 2.75) is 11.8 Å². The molecular weight excluding hydrogens is 422 g/mol. The van der Waals surface area contributed by atoms with Gasteiger partial charge in [-0.05, 0) is 49.4 Å². The third-order valence-electron chi connectivity index (χ3n) is 4.82. The maximum atomic E-state index is 12.6. The van der Waals surface area contributed by atoms with Crippen molar-refractivity contribution in [3.05, 3.63) is 70.3 Å². The van der Waals surface area contributed by atoms with Crippen LogP contribution in [0.15, 0.2) is 62.7 Å². The quantitative estimate of drug-likeness (QED) is 0.489. The Kier molecular flexibility index (Phi) is 4.90. The van der Waals surface area contributed by atoms with Gasteiger partial charge < -0.3 is 9.84 Å². The predicted molar refractivity (Wildman–Crippen MR) is 115 cm³/mol. The van der Waals surface area contributed by atoms with E-state index in [-0.39, 0.29) is 22.3 Å². The number of rotatable bonds is 5. The van der Waals surface area contributed by atoms with E-state index in [0.717, 1.165) is 0 Å². The molecule has 4 rings (SSSR count). The van der Waals surface area contributed by atoms with Crippen molar-refractivity contribution in [3.63, 3.8) is 0 Å². The van der Waals surface area contributed by atoms with E-state index in [9.17, 15) is 18.0 Å². The number of benzene rings is 2. The fourth-order valence-corrected chi connectivity index (χ4v) is 4.16. The molecule has 0 bridgehead atoms. The van der Waals surface area contributed by atoms with E-state index in [1.807, 2.05) is 0 Å². The van der Waals surface area contributed by atoms with Gasteiger partial charge in [0.25, 0.3) is 15.9 Å². The highest BCUT2D eigenvalue weighted by Crippen LogP contribution is 2.20. The van der Waals surface area contributed by atoms with Gasteiger partial charge in [-0.3, -0.25) is 18.7 Å². The molecule has 0 spiro atoms. The lowest BCUT2D eigenvalue weighted by Crippen LogP contribution is -2.19. The average molecular weight is 441 g/mol. The molecule has 1 amide bonds. The number of carbonyl (C=O) groups excluding carboxylic acids is 1. The first kappa shape index (κ1) is 20.4. The summed E-state index contributed by atoms with van der Waals surface area (Å²) in [5.74, 6) is 0.176. The Bertz CT molecular complexity index is 1460. The fourth-order valence-electron chi connectivity index (χ4n) is 3.18. The lowest BCUT2D eigenvalue weighted by Gasteiger charge is -2.08. The zero-order valence-electron chi connectivity index (χ0n) is 16.9. The highest BCUT2D eigenvalue weighted by Gasteiger charge is 2.17. The summed E-state index contributed by atoms with van der Waals surface area (Å²) in [7, 11) is -0.544. The largest absolute Gasteiger partial charge is 0.360 e. The summed E-state index contributed by atoms with van der Waals surface area (Å²) < 4.78 is 35.0. The van der Waals surface area contributed by atoms with Crippen LogP contribution in [0.4, 0.5) is 11.5 Å². The van der Waals surface area contributed by atoms with Crippen LogP contribution in [0.1, 0.15) is 16.1 Å². The number of hydrogen-bond donors (Lipinski definition) is 2. The number of carbonyl (C=O) groups is 1. The molecule has 0 atom stereocenters. The average Bonchev–Trinajstić information content (AvgIpc) is 3.24. The molecule has 10 nitrogen and oxygen atoms in total. The highest BCUT2D eigenvalue weighted by molar-refractivity contribution is 7.92. The van der Waals surface area contributed by atoms with Gasteiger partial charge in [-0.2, -0.15) is 0 Å². The van der Waals surface area contributed by atoms with Crippen molar-refractivity contribution in [2.75, 3.05) is 10.0 Å². The first-order valence-electron chi connectivity index (χ1n) is 9.19. The van der Waals surface area contributed by atoms with Gasteiger partial charge in [0, 0.05) is 31.4 Å². The Morgan fingerprint density at radius 3 is 2.32 bits per heavy atom. The summed E-state index contributed by atoms with van der Waals surface area (Å²) in [6, 6.07) is 12.1. The molecule has 0 aliphatic heterocycles. The minimum atomic E-state index is -3.85. The van der Waals surface area contributed by atoms with E-state index in [4.69, 9.17) is 4.52 Å². The number of fused-ring (bicyclic) bond motifs is 1. The standard InChI is InChI=1S/C20H19N5O5S/c1-12-10-18(22-30-12)23-31(28,29)15-7-5-14(6-8-15)21-19(26)13-4-9-16-17(11-13)25(3)20(27)24(16)2/h4-11H,1-3H3,(H,21,26)(H,22,23). The molecule has 0 fully saturated rings. The smallest absolute Gasteiger partial charge is 0.328 e. The summed E-state index contributed by atoms with van der Waals surface area (Å²) in [6.45, 7) is 1.65. The molecule has 31 heavy (non-hydrogen) atoms. The van der Waals surface area contributed by atoms with E-state index in [0.29, 0.717) is 28.0 Å². The van der Waals surface area contributed by atoms with Crippen molar-refractivity contribution >= 4 is 38.5 Å². The second-order valence-electron chi connectivity index (χ2n) is 7.01. The fraction of sp³-hybridized carbons (Fsp3) is 0.150. The third kappa shape index (κ3) is 3.82. The van der Waals surface area contributed by atoms with Gasteiger partial charge in [0.05, 0.1) is 15.9 Å². The van der Waals surface area contributed by atoms with Gasteiger partial charge in [-0.15, -0.1) is 0 Å². The molecule has 2 aromatic carbocycles. The van der Waals surface area contributed by atoms with Gasteiger partial charge in [0.1, 0.15) is 5.76 Å². The number of anilines is 2. The maximum Gasteiger partial charge on any atom is 0.328 e. The predicted octanol–water partition coefficient (Wildman–Crippen LogP) is 2.23. The van der Waals surface area contributed by atoms with Crippen LogP contribution < -0.4 is 15.7 Å². The lowest BCUT2D eigenvalue weighted by atomic mass is 10.1. The van der Waals surface area contributed by atoms with Gasteiger partial charge in [0.15, 0.2) is 5.82 Å². The summed E-state index contributed by atoms with van der Waals surface area (Å²) in [4.78, 5) is 24.7. The van der Waals surface area contributed by atoms with Crippen LogP contribution in [0.2, 0.25) is 0 Å². The van der Waals surface area contributed by atoms with Crippen molar-refractivity contribution in [2.24, 2.45) is 14.1 Å². The van der Waals surface area contributed by atoms with E-state index in [1.54, 1.807) is 39.2 Å². The number of nitrogens with zero attached hydrogens (tertiary/aromatic N) is 3. The lowest BCUT2D eigenvalue weighted by molar-refractivity contribution is 0.102. The van der Waals surface area contributed by atoms with Crippen molar-refractivity contribution in [1.82, 2.24) is 14.3 Å². The van der Waals surface area contributed by atoms with Crippen LogP contribution >= 0.6 is 0 Å². The minimum absolute atomic E-state index is 0.00635. The van der Waals surface area contributed by atoms with Gasteiger partial charge in [-0.1, -0.05) is 5.16 Å². The minimum Gasteiger partial charge on any atom is -0.360 e. The van der Waals surface area contributed by atoms with E-state index >= 15 is 0 Å². The topological polar surface area (TPSA) is 128 Å². The molecule has 0 aliphatic carbocycles. The molecule has 2 heterocycles. The molecule has 4 aromatic rings. The highest BCUT2D eigenvalue weighted by atomic mass is 32.2. The van der Waals surface area contributed by atoms with Crippen molar-refractivity contribution < 1.29 is 17.7 Å². The SMILES string of the molecule is Cc1cc(NS(=O)(=O)c2ccc(NC(=O)c3ccc4c(c3)n(C)c(=O)n4C)cc2)no1. The molecule has 160 valence electrons. The molecule has 0 unspecified atom stereocenters. The van der Waals surface area contributed by atoms with Crippen molar-refractivity contribution in [3.8, 4) is 0 Å². The summed E-state index contributed by atoms with van der Waals surface area (Å²) in [5.41, 5.74) is 1.96. The number of aromatic nitrogens is 3. The van der Waals surface area contributed by atoms with Crippen LogP contribution in [0, 0.1) is 6.92 Å². The van der Waals surface area contributed by atoms with Crippen LogP contribution in [-0.2, 0) is 24.1 Å². The Morgan fingerprint density at radius 1 is 1.00 bits per heavy atom. The summed E-state index contributed by atoms with van der Waals surface area (Å²) in [6.07, 6.45) is 0. The van der Waals surface area contributed by atoms with Gasteiger partial charge in [-0.25, -0.2) is 13.2 Å². The van der Waals surface area contributed by atoms with Gasteiger partial charge >= 0.3 is 5.69 Å². The third-order valence-corrected chi connectivity index (χ3v) is 6.19. The second kappa shape index (κ2) is 7.43. The normalized spacial score (nSPS) is 11.6. The summed E-state index contributed by atoms with van der Waals surface area (Å²) >= 11 is 0. The van der Waals surface area contributed by atoms with E-state index in [2.05, 4.69) is 15.2 Å². The molecule has 0 saturated heterocycles. The molecule has 2 aromatic heterocycles. The van der Waals surface area contributed by atoms with Crippen molar-refractivity contribution in [1.29, 1.82) is 0 Å². The molecule has 0 radical (unpaired) electrons. The Balaban J connectivity index is 1.52. The number of imidazole rings is 1. The number of hydrogen-bond acceptors (Lipinski definition) is 6. The van der Waals surface area contributed by atoms with Crippen LogP contribution in [0.3, 0.4) is 0 Å². The van der Waals surface area contributed by atoms with E-state index < -0.39 is 10.0 Å². The summed E-state index contributed by atoms with van der Waals surface area (Å²) in [5, 5.41) is 6.33. The Hall–Kier alpha value is -3.86. The Labute approximate surface area is 177 Å². The second-order valence-corrected chi connectivity index (χ2v) is 8.69. The molecule has 2 N–H and O–H groups in total. The first-order chi connectivity index (χ1) is 14.7. The van der Waals surface area contributed by atoms with Gasteiger partial charge in [0.2, 0.25) is 0 Å². The Morgan fingerprint density at radius 2 is 1.68 bits per heavy atom. The molecule has 11 heteroatoms. The molecule has 0 saturated carbocycles. The zero-order valence-corrected chi connectivity index (χ0v) is 17.7. The molecular formula is C20H19N5O5S. The number of sulfonamides is 1. The first-order valence-corrected chi connectivity index (χ1v) is 10.7. The van der Waals surface area contributed by atoms with Crippen LogP contribution in [0.25, 0.3) is 11.0 Å². The number of aryl methyl sites for hydroxylation is 3. The molecule has 0 aliphatic rings.